The standard InChI is InChI=1S/C12H21BrN4O/c1-8(2)7-17-12(18)11(13)10(6-16-17)15-5-4-9(3)14/h6,8-9,15H,4-5,7,14H2,1-3H3. The zero-order valence-electron chi connectivity index (χ0n) is 11.1. The number of aromatic nitrogens is 2. The molecule has 6 heteroatoms. The van der Waals surface area contributed by atoms with Crippen molar-refractivity contribution in [2.24, 2.45) is 11.7 Å². The van der Waals surface area contributed by atoms with Gasteiger partial charge in [0.25, 0.3) is 5.56 Å². The molecule has 0 spiro atoms. The van der Waals surface area contributed by atoms with E-state index in [1.807, 2.05) is 6.92 Å². The molecule has 1 heterocycles. The smallest absolute Gasteiger partial charge is 0.283 e. The molecule has 18 heavy (non-hydrogen) atoms. The highest BCUT2D eigenvalue weighted by molar-refractivity contribution is 9.10. The van der Waals surface area contributed by atoms with Crippen LogP contribution in [0.5, 0.6) is 0 Å². The van der Waals surface area contributed by atoms with Gasteiger partial charge >= 0.3 is 0 Å². The minimum absolute atomic E-state index is 0.102. The zero-order valence-corrected chi connectivity index (χ0v) is 12.7. The summed E-state index contributed by atoms with van der Waals surface area (Å²) in [5, 5.41) is 7.32. The van der Waals surface area contributed by atoms with Gasteiger partial charge in [-0.2, -0.15) is 5.10 Å². The van der Waals surface area contributed by atoms with Gasteiger partial charge in [-0.25, -0.2) is 4.68 Å². The first-order valence-corrected chi connectivity index (χ1v) is 6.96. The molecule has 0 saturated carbocycles. The van der Waals surface area contributed by atoms with Gasteiger partial charge < -0.3 is 11.1 Å². The molecule has 0 aliphatic rings. The fourth-order valence-electron chi connectivity index (χ4n) is 1.50. The number of hydrogen-bond donors (Lipinski definition) is 2. The van der Waals surface area contributed by atoms with E-state index in [4.69, 9.17) is 5.73 Å². The molecule has 0 fully saturated rings. The molecule has 102 valence electrons. The number of rotatable bonds is 6. The van der Waals surface area contributed by atoms with E-state index in [2.05, 4.69) is 40.2 Å². The lowest BCUT2D eigenvalue weighted by molar-refractivity contribution is 0.462. The highest BCUT2D eigenvalue weighted by Crippen LogP contribution is 2.16. The minimum Gasteiger partial charge on any atom is -0.383 e. The van der Waals surface area contributed by atoms with Crippen LogP contribution >= 0.6 is 15.9 Å². The summed E-state index contributed by atoms with van der Waals surface area (Å²) in [5.74, 6) is 0.388. The summed E-state index contributed by atoms with van der Waals surface area (Å²) in [6.07, 6.45) is 2.52. The zero-order chi connectivity index (χ0) is 13.7. The van der Waals surface area contributed by atoms with Crippen molar-refractivity contribution in [1.82, 2.24) is 9.78 Å². The van der Waals surface area contributed by atoms with E-state index in [1.165, 1.54) is 4.68 Å². The van der Waals surface area contributed by atoms with Gasteiger partial charge in [-0.3, -0.25) is 4.79 Å². The quantitative estimate of drug-likeness (QED) is 0.839. The summed E-state index contributed by atoms with van der Waals surface area (Å²) in [5.41, 5.74) is 6.29. The molecule has 0 amide bonds. The van der Waals surface area contributed by atoms with E-state index in [1.54, 1.807) is 6.20 Å². The maximum absolute atomic E-state index is 12.0. The van der Waals surface area contributed by atoms with Crippen molar-refractivity contribution in [3.8, 4) is 0 Å². The van der Waals surface area contributed by atoms with Gasteiger partial charge in [0.05, 0.1) is 11.9 Å². The summed E-state index contributed by atoms with van der Waals surface area (Å²) in [4.78, 5) is 12.0. The monoisotopic (exact) mass is 316 g/mol. The highest BCUT2D eigenvalue weighted by Gasteiger charge is 2.09. The molecule has 0 aliphatic heterocycles. The summed E-state index contributed by atoms with van der Waals surface area (Å²) >= 11 is 3.32. The Kier molecular flexibility index (Phi) is 5.81. The molecule has 0 aliphatic carbocycles. The molecule has 0 bridgehead atoms. The highest BCUT2D eigenvalue weighted by atomic mass is 79.9. The van der Waals surface area contributed by atoms with Crippen LogP contribution in [0.15, 0.2) is 15.5 Å². The molecule has 5 nitrogen and oxygen atoms in total. The number of nitrogens with two attached hydrogens (primary N) is 1. The Labute approximate surface area is 116 Å². The largest absolute Gasteiger partial charge is 0.383 e. The van der Waals surface area contributed by atoms with Crippen molar-refractivity contribution in [3.63, 3.8) is 0 Å². The van der Waals surface area contributed by atoms with Crippen LogP contribution in [-0.4, -0.2) is 22.4 Å². The van der Waals surface area contributed by atoms with E-state index in [0.29, 0.717) is 16.9 Å². The third-order valence-corrected chi connectivity index (χ3v) is 3.20. The predicted molar refractivity (Wildman–Crippen MR) is 77.8 cm³/mol. The molecule has 3 N–H and O–H groups in total. The van der Waals surface area contributed by atoms with Gasteiger partial charge in [0, 0.05) is 19.1 Å². The van der Waals surface area contributed by atoms with Crippen molar-refractivity contribution >= 4 is 21.6 Å². The molecule has 1 aromatic rings. The van der Waals surface area contributed by atoms with Crippen molar-refractivity contribution in [2.45, 2.75) is 39.8 Å². The number of anilines is 1. The topological polar surface area (TPSA) is 72.9 Å². The second kappa shape index (κ2) is 6.89. The average Bonchev–Trinajstić information content (AvgIpc) is 2.27. The van der Waals surface area contributed by atoms with Crippen LogP contribution in [0, 0.1) is 5.92 Å². The second-order valence-electron chi connectivity index (χ2n) is 4.95. The van der Waals surface area contributed by atoms with Crippen LogP contribution in [0.2, 0.25) is 0 Å². The molecule has 0 aromatic carbocycles. The van der Waals surface area contributed by atoms with Crippen molar-refractivity contribution in [2.75, 3.05) is 11.9 Å². The SMILES string of the molecule is CC(C)Cn1ncc(NCCC(C)N)c(Br)c1=O. The van der Waals surface area contributed by atoms with E-state index in [-0.39, 0.29) is 11.6 Å². The van der Waals surface area contributed by atoms with Crippen LogP contribution < -0.4 is 16.6 Å². The van der Waals surface area contributed by atoms with Gasteiger partial charge in [0.15, 0.2) is 0 Å². The summed E-state index contributed by atoms with van der Waals surface area (Å²) in [7, 11) is 0. The van der Waals surface area contributed by atoms with E-state index in [0.717, 1.165) is 18.7 Å². The van der Waals surface area contributed by atoms with Gasteiger partial charge in [-0.1, -0.05) is 13.8 Å². The van der Waals surface area contributed by atoms with Crippen molar-refractivity contribution in [1.29, 1.82) is 0 Å². The van der Waals surface area contributed by atoms with Gasteiger partial charge in [-0.05, 0) is 35.2 Å². The molecular weight excluding hydrogens is 296 g/mol. The molecular formula is C12H21BrN4O. The van der Waals surface area contributed by atoms with Crippen LogP contribution in [0.25, 0.3) is 0 Å². The normalized spacial score (nSPS) is 12.8. The number of nitrogens with one attached hydrogen (secondary N) is 1. The Balaban J connectivity index is 2.78. The molecule has 1 atom stereocenters. The fraction of sp³-hybridized carbons (Fsp3) is 0.667. The number of halogens is 1. The predicted octanol–water partition coefficient (Wildman–Crippen LogP) is 1.81. The third-order valence-electron chi connectivity index (χ3n) is 2.44. The Bertz CT molecular complexity index is 442. The molecule has 1 rings (SSSR count). The van der Waals surface area contributed by atoms with E-state index in [9.17, 15) is 4.79 Å². The minimum atomic E-state index is -0.102. The third kappa shape index (κ3) is 4.42. The van der Waals surface area contributed by atoms with Crippen LogP contribution in [0.3, 0.4) is 0 Å². The van der Waals surface area contributed by atoms with Crippen molar-refractivity contribution in [3.05, 3.63) is 21.0 Å². The Morgan fingerprint density at radius 1 is 1.50 bits per heavy atom. The lowest BCUT2D eigenvalue weighted by atomic mass is 10.2. The van der Waals surface area contributed by atoms with E-state index >= 15 is 0 Å². The Morgan fingerprint density at radius 2 is 2.17 bits per heavy atom. The van der Waals surface area contributed by atoms with E-state index < -0.39 is 0 Å². The molecule has 1 aromatic heterocycles. The fourth-order valence-corrected chi connectivity index (χ4v) is 1.95. The number of nitrogens with zero attached hydrogens (tertiary/aromatic N) is 2. The lowest BCUT2D eigenvalue weighted by Gasteiger charge is -2.12. The Morgan fingerprint density at radius 3 is 2.72 bits per heavy atom. The van der Waals surface area contributed by atoms with Gasteiger partial charge in [-0.15, -0.1) is 0 Å². The van der Waals surface area contributed by atoms with Crippen LogP contribution in [-0.2, 0) is 6.54 Å². The molecule has 0 saturated heterocycles. The van der Waals surface area contributed by atoms with Gasteiger partial charge in [0.1, 0.15) is 4.47 Å². The molecule has 0 radical (unpaired) electrons. The average molecular weight is 317 g/mol. The first kappa shape index (κ1) is 15.2. The maximum Gasteiger partial charge on any atom is 0.283 e. The maximum atomic E-state index is 12.0. The summed E-state index contributed by atoms with van der Waals surface area (Å²) in [6, 6.07) is 0.144. The van der Waals surface area contributed by atoms with Crippen molar-refractivity contribution < 1.29 is 0 Å². The summed E-state index contributed by atoms with van der Waals surface area (Å²) < 4.78 is 2.01. The van der Waals surface area contributed by atoms with Gasteiger partial charge in [0.2, 0.25) is 0 Å². The number of hydrogen-bond acceptors (Lipinski definition) is 4. The van der Waals surface area contributed by atoms with Crippen LogP contribution in [0.1, 0.15) is 27.2 Å². The first-order chi connectivity index (χ1) is 8.41. The molecule has 1 unspecified atom stereocenters. The first-order valence-electron chi connectivity index (χ1n) is 6.17. The summed E-state index contributed by atoms with van der Waals surface area (Å²) in [6.45, 7) is 7.41. The Hall–Kier alpha value is -0.880. The second-order valence-corrected chi connectivity index (χ2v) is 5.74. The van der Waals surface area contributed by atoms with Crippen LogP contribution in [0.4, 0.5) is 5.69 Å². The lowest BCUT2D eigenvalue weighted by Crippen LogP contribution is -2.27.